The van der Waals surface area contributed by atoms with Crippen LogP contribution in [0, 0.1) is 0 Å². The predicted molar refractivity (Wildman–Crippen MR) is 148 cm³/mol. The maximum absolute atomic E-state index is 6.58. The third-order valence-electron chi connectivity index (χ3n) is 7.39. The van der Waals surface area contributed by atoms with Crippen LogP contribution in [0.3, 0.4) is 0 Å². The summed E-state index contributed by atoms with van der Waals surface area (Å²) in [7, 11) is 0. The fourth-order valence-corrected chi connectivity index (χ4v) is 7.00. The number of hydrogen-bond donors (Lipinski definition) is 0. The highest BCUT2D eigenvalue weighted by atomic mass is 32.1. The number of thiophene rings is 1. The minimum Gasteiger partial charge on any atom is -0.457 e. The van der Waals surface area contributed by atoms with Gasteiger partial charge in [0.05, 0.1) is 0 Å². The Morgan fingerprint density at radius 1 is 0.486 bits per heavy atom. The zero-order valence-corrected chi connectivity index (χ0v) is 19.7. The van der Waals surface area contributed by atoms with Crippen molar-refractivity contribution in [3.8, 4) is 11.5 Å². The lowest BCUT2D eigenvalue weighted by Crippen LogP contribution is -2.13. The third-order valence-corrected chi connectivity index (χ3v) is 8.53. The lowest BCUT2D eigenvalue weighted by atomic mass is 9.78. The predicted octanol–water partition coefficient (Wildman–Crippen LogP) is 9.65. The van der Waals surface area contributed by atoms with Crippen LogP contribution in [-0.4, -0.2) is 0 Å². The Hall–Kier alpha value is -4.14. The Bertz CT molecular complexity index is 1860. The van der Waals surface area contributed by atoms with Gasteiger partial charge < -0.3 is 4.74 Å². The van der Waals surface area contributed by atoms with Crippen molar-refractivity contribution in [3.63, 3.8) is 0 Å². The summed E-state index contributed by atoms with van der Waals surface area (Å²) >= 11 is 1.88. The first-order valence-corrected chi connectivity index (χ1v) is 12.8. The van der Waals surface area contributed by atoms with Crippen LogP contribution >= 0.6 is 11.3 Å². The molecule has 1 aliphatic heterocycles. The molecule has 1 aromatic heterocycles. The van der Waals surface area contributed by atoms with Crippen LogP contribution in [0.5, 0.6) is 11.5 Å². The Morgan fingerprint density at radius 2 is 1.06 bits per heavy atom. The second-order valence-corrected chi connectivity index (χ2v) is 10.4. The van der Waals surface area contributed by atoms with Gasteiger partial charge in [0.25, 0.3) is 0 Å². The van der Waals surface area contributed by atoms with E-state index in [1.807, 2.05) is 11.3 Å². The van der Waals surface area contributed by atoms with Gasteiger partial charge in [0.15, 0.2) is 0 Å². The summed E-state index contributed by atoms with van der Waals surface area (Å²) in [6.07, 6.45) is 0. The van der Waals surface area contributed by atoms with E-state index in [0.717, 1.165) is 11.5 Å². The van der Waals surface area contributed by atoms with Crippen LogP contribution in [-0.2, 0) is 0 Å². The molecule has 0 fully saturated rings. The molecule has 1 aliphatic rings. The minimum absolute atomic E-state index is 0.0839. The summed E-state index contributed by atoms with van der Waals surface area (Å²) in [6, 6.07) is 41.7. The van der Waals surface area contributed by atoms with Crippen molar-refractivity contribution in [2.75, 3.05) is 0 Å². The summed E-state index contributed by atoms with van der Waals surface area (Å²) in [4.78, 5) is 0. The molecule has 7 aromatic rings. The van der Waals surface area contributed by atoms with E-state index >= 15 is 0 Å². The molecule has 0 spiro atoms. The molecule has 6 aromatic carbocycles. The molecule has 35 heavy (non-hydrogen) atoms. The van der Waals surface area contributed by atoms with Crippen molar-refractivity contribution in [1.82, 2.24) is 0 Å². The fraction of sp³-hybridized carbons (Fsp3) is 0.0303. The number of hydrogen-bond acceptors (Lipinski definition) is 2. The van der Waals surface area contributed by atoms with Crippen LogP contribution in [0.25, 0.3) is 41.7 Å². The normalized spacial score (nSPS) is 13.3. The molecule has 2 heteroatoms. The van der Waals surface area contributed by atoms with E-state index in [9.17, 15) is 0 Å². The van der Waals surface area contributed by atoms with Crippen LogP contribution < -0.4 is 4.74 Å². The molecule has 0 aliphatic carbocycles. The van der Waals surface area contributed by atoms with Gasteiger partial charge in [-0.05, 0) is 51.4 Å². The number of fused-ring (bicyclic) bond motifs is 9. The number of ether oxygens (including phenoxy) is 1. The van der Waals surface area contributed by atoms with E-state index in [-0.39, 0.29) is 5.92 Å². The quantitative estimate of drug-likeness (QED) is 0.235. The van der Waals surface area contributed by atoms with E-state index in [1.54, 1.807) is 0 Å². The Balaban J connectivity index is 1.49. The Labute approximate surface area is 206 Å². The lowest BCUT2D eigenvalue weighted by molar-refractivity contribution is 0.456. The topological polar surface area (TPSA) is 9.23 Å². The zero-order valence-electron chi connectivity index (χ0n) is 18.9. The Morgan fingerprint density at radius 3 is 1.74 bits per heavy atom. The molecule has 8 rings (SSSR count). The van der Waals surface area contributed by atoms with Gasteiger partial charge in [-0.2, -0.15) is 0 Å². The summed E-state index contributed by atoms with van der Waals surface area (Å²) in [5, 5.41) is 7.66. The van der Waals surface area contributed by atoms with Gasteiger partial charge in [-0.15, -0.1) is 11.3 Å². The second kappa shape index (κ2) is 7.18. The number of rotatable bonds is 1. The largest absolute Gasteiger partial charge is 0.457 e. The zero-order chi connectivity index (χ0) is 22.9. The molecule has 0 amide bonds. The molecule has 0 saturated carbocycles. The first-order valence-electron chi connectivity index (χ1n) is 12.0. The monoisotopic (exact) mass is 464 g/mol. The minimum atomic E-state index is 0.0839. The molecule has 0 bridgehead atoms. The highest BCUT2D eigenvalue weighted by Crippen LogP contribution is 2.52. The van der Waals surface area contributed by atoms with Crippen LogP contribution in [0.1, 0.15) is 22.6 Å². The van der Waals surface area contributed by atoms with Crippen molar-refractivity contribution in [3.05, 3.63) is 132 Å². The van der Waals surface area contributed by atoms with Gasteiger partial charge in [0.2, 0.25) is 0 Å². The average Bonchev–Trinajstić information content (AvgIpc) is 3.29. The molecule has 0 atom stereocenters. The van der Waals surface area contributed by atoms with Crippen LogP contribution in [0.15, 0.2) is 115 Å². The van der Waals surface area contributed by atoms with Crippen molar-refractivity contribution < 1.29 is 4.74 Å². The lowest BCUT2D eigenvalue weighted by Gasteiger charge is -2.31. The van der Waals surface area contributed by atoms with E-state index in [4.69, 9.17) is 4.74 Å². The van der Waals surface area contributed by atoms with E-state index < -0.39 is 0 Å². The maximum atomic E-state index is 6.58. The summed E-state index contributed by atoms with van der Waals surface area (Å²) in [5.74, 6) is 1.99. The third kappa shape index (κ3) is 2.75. The van der Waals surface area contributed by atoms with Gasteiger partial charge in [0, 0.05) is 37.2 Å². The molecule has 0 radical (unpaired) electrons. The van der Waals surface area contributed by atoms with Gasteiger partial charge in [0.1, 0.15) is 11.5 Å². The molecule has 0 unspecified atom stereocenters. The van der Waals surface area contributed by atoms with Crippen LogP contribution in [0.4, 0.5) is 0 Å². The molecule has 1 nitrogen and oxygen atoms in total. The SMILES string of the molecule is c1ccc2c3c(ccc2c1)Oc1ccc2ccccc2c1C3c1ccc2c(c1)sc1ccccc12. The van der Waals surface area contributed by atoms with Gasteiger partial charge in [-0.25, -0.2) is 0 Å². The van der Waals surface area contributed by atoms with Crippen molar-refractivity contribution in [1.29, 1.82) is 0 Å². The van der Waals surface area contributed by atoms with Crippen LogP contribution in [0.2, 0.25) is 0 Å². The van der Waals surface area contributed by atoms with E-state index in [0.29, 0.717) is 0 Å². The summed E-state index contributed by atoms with van der Waals surface area (Å²) in [6.45, 7) is 0. The molecular weight excluding hydrogens is 444 g/mol. The Kier molecular flexibility index (Phi) is 3.94. The average molecular weight is 465 g/mol. The molecule has 2 heterocycles. The first kappa shape index (κ1) is 19.2. The van der Waals surface area contributed by atoms with Crippen molar-refractivity contribution in [2.24, 2.45) is 0 Å². The molecular formula is C33H20OS. The smallest absolute Gasteiger partial charge is 0.132 e. The fourth-order valence-electron chi connectivity index (χ4n) is 5.84. The molecule has 0 N–H and O–H groups in total. The highest BCUT2D eigenvalue weighted by Gasteiger charge is 2.32. The second-order valence-electron chi connectivity index (χ2n) is 9.29. The number of benzene rings is 6. The summed E-state index contributed by atoms with van der Waals surface area (Å²) < 4.78 is 9.25. The van der Waals surface area contributed by atoms with E-state index in [2.05, 4.69) is 115 Å². The van der Waals surface area contributed by atoms with Crippen molar-refractivity contribution >= 4 is 53.1 Å². The van der Waals surface area contributed by atoms with E-state index in [1.165, 1.54) is 58.4 Å². The van der Waals surface area contributed by atoms with Gasteiger partial charge in [-0.3, -0.25) is 0 Å². The first-order chi connectivity index (χ1) is 17.3. The molecule has 0 saturated heterocycles. The van der Waals surface area contributed by atoms with Gasteiger partial charge >= 0.3 is 0 Å². The summed E-state index contributed by atoms with van der Waals surface area (Å²) in [5.41, 5.74) is 3.82. The van der Waals surface area contributed by atoms with Gasteiger partial charge in [-0.1, -0.05) is 91.0 Å². The standard InChI is InChI=1S/C33H20OS/c1-3-9-23-20(7-1)14-17-27-32(23)31(33-24-10-4-2-8-21(24)15-18-28(33)34-27)22-13-16-26-25-11-5-6-12-29(25)35-30(26)19-22/h1-19,31H. The highest BCUT2D eigenvalue weighted by molar-refractivity contribution is 7.25. The van der Waals surface area contributed by atoms with Crippen molar-refractivity contribution in [2.45, 2.75) is 5.92 Å². The molecule has 164 valence electrons. The maximum Gasteiger partial charge on any atom is 0.132 e.